The van der Waals surface area contributed by atoms with Gasteiger partial charge in [-0.25, -0.2) is 13.1 Å². The topological polar surface area (TPSA) is 94.2 Å². The highest BCUT2D eigenvalue weighted by atomic mass is 32.2. The van der Waals surface area contributed by atoms with Gasteiger partial charge >= 0.3 is 6.61 Å². The number of rotatable bonds is 10. The van der Waals surface area contributed by atoms with Gasteiger partial charge in [0.1, 0.15) is 0 Å². The molecule has 1 fully saturated rings. The van der Waals surface area contributed by atoms with Gasteiger partial charge in [-0.2, -0.15) is 8.78 Å². The number of ether oxygens (including phenoxy) is 3. The van der Waals surface area contributed by atoms with E-state index in [4.69, 9.17) is 9.47 Å². The highest BCUT2D eigenvalue weighted by Crippen LogP contribution is 2.30. The Labute approximate surface area is 191 Å². The maximum atomic E-state index is 12.8. The Hall–Kier alpha value is -2.76. The van der Waals surface area contributed by atoms with Crippen LogP contribution in [0.15, 0.2) is 47.4 Å². The SMILES string of the molecule is COc1cc(CN(C)C(=O)c2ccc(S(=O)(=O)NCC3CCCO3)cc2)ccc1OC(F)F. The lowest BCUT2D eigenvalue weighted by Crippen LogP contribution is -2.32. The molecule has 33 heavy (non-hydrogen) atoms. The van der Waals surface area contributed by atoms with Crippen LogP contribution in [0.4, 0.5) is 8.78 Å². The number of carbonyl (C=O) groups is 1. The molecule has 2 aromatic carbocycles. The highest BCUT2D eigenvalue weighted by molar-refractivity contribution is 7.89. The quantitative estimate of drug-likeness (QED) is 0.557. The molecule has 3 rings (SSSR count). The van der Waals surface area contributed by atoms with Crippen molar-refractivity contribution in [3.63, 3.8) is 0 Å². The van der Waals surface area contributed by atoms with Crippen molar-refractivity contribution < 1.29 is 36.2 Å². The molecule has 180 valence electrons. The van der Waals surface area contributed by atoms with Crippen LogP contribution in [0.1, 0.15) is 28.8 Å². The van der Waals surface area contributed by atoms with Crippen LogP contribution < -0.4 is 14.2 Å². The van der Waals surface area contributed by atoms with E-state index in [0.29, 0.717) is 17.7 Å². The molecule has 1 aliphatic heterocycles. The standard InChI is InChI=1S/C22H26F2N2O6S/c1-26(14-15-5-10-19(32-22(23)24)20(12-15)30-2)21(27)16-6-8-18(9-7-16)33(28,29)25-13-17-4-3-11-31-17/h5-10,12,17,22,25H,3-4,11,13-14H2,1-2H3. The summed E-state index contributed by atoms with van der Waals surface area (Å²) in [5, 5.41) is 0. The second kappa shape index (κ2) is 10.9. The molecule has 11 heteroatoms. The van der Waals surface area contributed by atoms with Gasteiger partial charge in [0.05, 0.1) is 18.1 Å². The van der Waals surface area contributed by atoms with E-state index < -0.39 is 16.6 Å². The summed E-state index contributed by atoms with van der Waals surface area (Å²) < 4.78 is 67.3. The van der Waals surface area contributed by atoms with E-state index in [-0.39, 0.29) is 41.5 Å². The molecule has 1 amide bonds. The molecule has 1 saturated heterocycles. The van der Waals surface area contributed by atoms with Crippen LogP contribution in [0.5, 0.6) is 11.5 Å². The van der Waals surface area contributed by atoms with Gasteiger partial charge < -0.3 is 19.1 Å². The summed E-state index contributed by atoms with van der Waals surface area (Å²) in [7, 11) is -0.807. The lowest BCUT2D eigenvalue weighted by molar-refractivity contribution is -0.0512. The van der Waals surface area contributed by atoms with Crippen molar-refractivity contribution in [3.8, 4) is 11.5 Å². The van der Waals surface area contributed by atoms with E-state index >= 15 is 0 Å². The lowest BCUT2D eigenvalue weighted by Gasteiger charge is -2.19. The van der Waals surface area contributed by atoms with Crippen LogP contribution in [-0.4, -0.2) is 59.2 Å². The van der Waals surface area contributed by atoms with Gasteiger partial charge in [0.2, 0.25) is 10.0 Å². The molecule has 0 aromatic heterocycles. The van der Waals surface area contributed by atoms with Crippen LogP contribution in [0.2, 0.25) is 0 Å². The summed E-state index contributed by atoms with van der Waals surface area (Å²) >= 11 is 0. The molecule has 1 unspecified atom stereocenters. The van der Waals surface area contributed by atoms with Crippen LogP contribution >= 0.6 is 0 Å². The summed E-state index contributed by atoms with van der Waals surface area (Å²) in [5.41, 5.74) is 0.946. The third kappa shape index (κ3) is 6.62. The molecule has 2 aromatic rings. The molecule has 0 bridgehead atoms. The first-order chi connectivity index (χ1) is 15.7. The maximum absolute atomic E-state index is 12.8. The second-order valence-electron chi connectivity index (χ2n) is 7.54. The average Bonchev–Trinajstić information content (AvgIpc) is 3.32. The zero-order valence-corrected chi connectivity index (χ0v) is 19.1. The molecule has 0 saturated carbocycles. The highest BCUT2D eigenvalue weighted by Gasteiger charge is 2.21. The van der Waals surface area contributed by atoms with E-state index in [2.05, 4.69) is 9.46 Å². The summed E-state index contributed by atoms with van der Waals surface area (Å²) in [4.78, 5) is 14.2. The van der Waals surface area contributed by atoms with Gasteiger partial charge in [-0.1, -0.05) is 6.07 Å². The summed E-state index contributed by atoms with van der Waals surface area (Å²) in [6, 6.07) is 10.0. The molecular formula is C22H26F2N2O6S. The van der Waals surface area contributed by atoms with Gasteiger partial charge in [0.15, 0.2) is 11.5 Å². The Morgan fingerprint density at radius 2 is 1.94 bits per heavy atom. The first-order valence-corrected chi connectivity index (χ1v) is 11.8. The maximum Gasteiger partial charge on any atom is 0.387 e. The summed E-state index contributed by atoms with van der Waals surface area (Å²) in [6.45, 7) is -1.97. The lowest BCUT2D eigenvalue weighted by atomic mass is 10.1. The monoisotopic (exact) mass is 484 g/mol. The van der Waals surface area contributed by atoms with Crippen LogP contribution in [0.3, 0.4) is 0 Å². The minimum Gasteiger partial charge on any atom is -0.493 e. The molecule has 0 aliphatic carbocycles. The van der Waals surface area contributed by atoms with Gasteiger partial charge in [-0.15, -0.1) is 0 Å². The van der Waals surface area contributed by atoms with Crippen molar-refractivity contribution in [1.29, 1.82) is 0 Å². The smallest absolute Gasteiger partial charge is 0.387 e. The van der Waals surface area contributed by atoms with Crippen molar-refractivity contribution in [1.82, 2.24) is 9.62 Å². The molecule has 1 atom stereocenters. The second-order valence-corrected chi connectivity index (χ2v) is 9.30. The summed E-state index contributed by atoms with van der Waals surface area (Å²) in [5.74, 6) is -0.313. The Morgan fingerprint density at radius 1 is 1.21 bits per heavy atom. The first-order valence-electron chi connectivity index (χ1n) is 10.3. The minimum atomic E-state index is -3.71. The van der Waals surface area contributed by atoms with Crippen molar-refractivity contribution in [2.75, 3.05) is 27.3 Å². The number of alkyl halides is 2. The fourth-order valence-electron chi connectivity index (χ4n) is 3.44. The fraction of sp³-hybridized carbons (Fsp3) is 0.409. The van der Waals surface area contributed by atoms with E-state index in [1.165, 1.54) is 48.4 Å². The molecule has 1 heterocycles. The Kier molecular flexibility index (Phi) is 8.22. The number of benzene rings is 2. The molecule has 0 spiro atoms. The number of hydrogen-bond acceptors (Lipinski definition) is 6. The normalized spacial score (nSPS) is 16.1. The van der Waals surface area contributed by atoms with Gasteiger partial charge in [-0.05, 0) is 54.8 Å². The molecular weight excluding hydrogens is 458 g/mol. The number of hydrogen-bond donors (Lipinski definition) is 1. The van der Waals surface area contributed by atoms with Gasteiger partial charge in [0, 0.05) is 32.3 Å². The number of amides is 1. The first kappa shape index (κ1) is 24.9. The van der Waals surface area contributed by atoms with Crippen LogP contribution in [0, 0.1) is 0 Å². The minimum absolute atomic E-state index is 0.0547. The Balaban J connectivity index is 1.63. The largest absolute Gasteiger partial charge is 0.493 e. The third-order valence-corrected chi connectivity index (χ3v) is 6.59. The molecule has 0 radical (unpaired) electrons. The molecule has 1 aliphatic rings. The van der Waals surface area contributed by atoms with Crippen LogP contribution in [-0.2, 0) is 21.3 Å². The van der Waals surface area contributed by atoms with Gasteiger partial charge in [-0.3, -0.25) is 4.79 Å². The average molecular weight is 485 g/mol. The molecule has 1 N–H and O–H groups in total. The number of halogens is 2. The van der Waals surface area contributed by atoms with E-state index in [9.17, 15) is 22.0 Å². The predicted octanol–water partition coefficient (Wildman–Crippen LogP) is 3.03. The zero-order chi connectivity index (χ0) is 24.0. The van der Waals surface area contributed by atoms with E-state index in [1.807, 2.05) is 0 Å². The fourth-order valence-corrected chi connectivity index (χ4v) is 4.50. The van der Waals surface area contributed by atoms with Gasteiger partial charge in [0.25, 0.3) is 5.91 Å². The Morgan fingerprint density at radius 3 is 2.55 bits per heavy atom. The molecule has 8 nitrogen and oxygen atoms in total. The van der Waals surface area contributed by atoms with Crippen LogP contribution in [0.25, 0.3) is 0 Å². The number of methoxy groups -OCH3 is 1. The van der Waals surface area contributed by atoms with Crippen molar-refractivity contribution in [3.05, 3.63) is 53.6 Å². The predicted molar refractivity (Wildman–Crippen MR) is 116 cm³/mol. The number of nitrogens with zero attached hydrogens (tertiary/aromatic N) is 1. The number of sulfonamides is 1. The van der Waals surface area contributed by atoms with Crippen molar-refractivity contribution in [2.24, 2.45) is 0 Å². The van der Waals surface area contributed by atoms with Crippen molar-refractivity contribution >= 4 is 15.9 Å². The number of nitrogens with one attached hydrogen (secondary N) is 1. The van der Waals surface area contributed by atoms with E-state index in [0.717, 1.165) is 12.8 Å². The number of carbonyl (C=O) groups excluding carboxylic acids is 1. The van der Waals surface area contributed by atoms with E-state index in [1.54, 1.807) is 13.1 Å². The third-order valence-electron chi connectivity index (χ3n) is 5.15. The zero-order valence-electron chi connectivity index (χ0n) is 18.3. The van der Waals surface area contributed by atoms with Crippen molar-refractivity contribution in [2.45, 2.75) is 37.0 Å². The summed E-state index contributed by atoms with van der Waals surface area (Å²) in [6.07, 6.45) is 1.61. The Bertz CT molecular complexity index is 1060.